The van der Waals surface area contributed by atoms with Crippen LogP contribution in [0.1, 0.15) is 28.6 Å². The lowest BCUT2D eigenvalue weighted by molar-refractivity contribution is -0.137. The highest BCUT2D eigenvalue weighted by Crippen LogP contribution is 2.47. The first kappa shape index (κ1) is 21.4. The summed E-state index contributed by atoms with van der Waals surface area (Å²) in [5, 5.41) is -0.0905. The van der Waals surface area contributed by atoms with Gasteiger partial charge in [0.05, 0.1) is 24.6 Å². The standard InChI is InChI=1S/C24H22F3NO2S/c1-29-20-9-10-21-23(16-20)31-22(17-5-2-6-18(15-17)24(25,26)27)11-13-28(21)12-3-7-19-8-4-14-30-19/h2-10,14-16,22H,11-13H2,1H3/b7-3+. The molecule has 3 aromatic rings. The summed E-state index contributed by atoms with van der Waals surface area (Å²) in [5.74, 6) is 1.50. The Labute approximate surface area is 183 Å². The molecule has 1 atom stereocenters. The highest BCUT2D eigenvalue weighted by molar-refractivity contribution is 7.99. The first-order chi connectivity index (χ1) is 14.9. The Balaban J connectivity index is 1.62. The van der Waals surface area contributed by atoms with E-state index in [9.17, 15) is 13.2 Å². The Morgan fingerprint density at radius 1 is 1.16 bits per heavy atom. The molecule has 162 valence electrons. The summed E-state index contributed by atoms with van der Waals surface area (Å²) in [6, 6.07) is 15.2. The van der Waals surface area contributed by atoms with Crippen LogP contribution in [0.2, 0.25) is 0 Å². The van der Waals surface area contributed by atoms with Crippen LogP contribution in [0.3, 0.4) is 0 Å². The molecular formula is C24H22F3NO2S. The summed E-state index contributed by atoms with van der Waals surface area (Å²) in [5.41, 5.74) is 1.12. The largest absolute Gasteiger partial charge is 0.497 e. The van der Waals surface area contributed by atoms with Crippen molar-refractivity contribution >= 4 is 23.5 Å². The maximum atomic E-state index is 13.2. The number of anilines is 1. The number of halogens is 3. The number of ether oxygens (including phenoxy) is 1. The number of alkyl halides is 3. The van der Waals surface area contributed by atoms with E-state index in [4.69, 9.17) is 9.15 Å². The molecule has 0 aliphatic carbocycles. The van der Waals surface area contributed by atoms with Crippen LogP contribution in [0.5, 0.6) is 5.75 Å². The number of furan rings is 1. The molecule has 2 heterocycles. The van der Waals surface area contributed by atoms with Crippen LogP contribution in [0.15, 0.2) is 76.2 Å². The van der Waals surface area contributed by atoms with Gasteiger partial charge in [-0.2, -0.15) is 13.2 Å². The third-order valence-corrected chi connectivity index (χ3v) is 6.55. The van der Waals surface area contributed by atoms with Gasteiger partial charge >= 0.3 is 6.18 Å². The summed E-state index contributed by atoms with van der Waals surface area (Å²) in [4.78, 5) is 3.22. The van der Waals surface area contributed by atoms with Gasteiger partial charge in [-0.3, -0.25) is 0 Å². The fraction of sp³-hybridized carbons (Fsp3) is 0.250. The number of benzene rings is 2. The summed E-state index contributed by atoms with van der Waals surface area (Å²) < 4.78 is 50.4. The van der Waals surface area contributed by atoms with Crippen LogP contribution < -0.4 is 9.64 Å². The van der Waals surface area contributed by atoms with E-state index in [1.165, 1.54) is 12.1 Å². The second-order valence-electron chi connectivity index (χ2n) is 7.22. The fourth-order valence-electron chi connectivity index (χ4n) is 3.60. The zero-order valence-corrected chi connectivity index (χ0v) is 17.7. The number of nitrogens with zero attached hydrogens (tertiary/aromatic N) is 1. The minimum atomic E-state index is -4.35. The molecule has 0 bridgehead atoms. The molecule has 2 aromatic carbocycles. The molecule has 0 fully saturated rings. The molecule has 0 saturated carbocycles. The lowest BCUT2D eigenvalue weighted by Gasteiger charge is -2.23. The van der Waals surface area contributed by atoms with Crippen LogP contribution in [0.4, 0.5) is 18.9 Å². The quantitative estimate of drug-likeness (QED) is 0.420. The highest BCUT2D eigenvalue weighted by Gasteiger charge is 2.31. The number of fused-ring (bicyclic) bond motifs is 1. The van der Waals surface area contributed by atoms with Crippen LogP contribution in [-0.4, -0.2) is 20.2 Å². The molecule has 1 aliphatic heterocycles. The summed E-state index contributed by atoms with van der Waals surface area (Å²) >= 11 is 1.58. The van der Waals surface area contributed by atoms with Crippen LogP contribution in [0.25, 0.3) is 6.08 Å². The van der Waals surface area contributed by atoms with E-state index in [0.717, 1.165) is 41.1 Å². The maximum Gasteiger partial charge on any atom is 0.416 e. The summed E-state index contributed by atoms with van der Waals surface area (Å²) in [6.45, 7) is 1.38. The predicted octanol–water partition coefficient (Wildman–Crippen LogP) is 7.06. The van der Waals surface area contributed by atoms with Crippen LogP contribution in [-0.2, 0) is 6.18 Å². The minimum absolute atomic E-state index is 0.0905. The summed E-state index contributed by atoms with van der Waals surface area (Å²) in [6.07, 6.45) is 1.95. The van der Waals surface area contributed by atoms with E-state index in [0.29, 0.717) is 12.1 Å². The van der Waals surface area contributed by atoms with E-state index in [-0.39, 0.29) is 5.25 Å². The van der Waals surface area contributed by atoms with Gasteiger partial charge in [0.25, 0.3) is 0 Å². The molecule has 1 unspecified atom stereocenters. The summed E-state index contributed by atoms with van der Waals surface area (Å²) in [7, 11) is 1.61. The molecule has 0 spiro atoms. The molecule has 0 N–H and O–H groups in total. The van der Waals surface area contributed by atoms with Crippen molar-refractivity contribution in [3.63, 3.8) is 0 Å². The third kappa shape index (κ3) is 5.10. The topological polar surface area (TPSA) is 25.6 Å². The Bertz CT molecular complexity index is 1050. The predicted molar refractivity (Wildman–Crippen MR) is 118 cm³/mol. The highest BCUT2D eigenvalue weighted by atomic mass is 32.2. The maximum absolute atomic E-state index is 13.2. The van der Waals surface area contributed by atoms with Gasteiger partial charge < -0.3 is 14.1 Å². The van der Waals surface area contributed by atoms with Gasteiger partial charge in [0.1, 0.15) is 11.5 Å². The van der Waals surface area contributed by atoms with Crippen molar-refractivity contribution in [2.45, 2.75) is 22.7 Å². The lowest BCUT2D eigenvalue weighted by Crippen LogP contribution is -2.24. The van der Waals surface area contributed by atoms with Crippen molar-refractivity contribution in [3.8, 4) is 5.75 Å². The van der Waals surface area contributed by atoms with Crippen molar-refractivity contribution in [2.24, 2.45) is 0 Å². The van der Waals surface area contributed by atoms with E-state index in [1.54, 1.807) is 31.2 Å². The molecular weight excluding hydrogens is 423 g/mol. The third-order valence-electron chi connectivity index (χ3n) is 5.17. The minimum Gasteiger partial charge on any atom is -0.497 e. The van der Waals surface area contributed by atoms with Crippen LogP contribution in [0, 0.1) is 0 Å². The molecule has 4 rings (SSSR count). The van der Waals surface area contributed by atoms with Crippen molar-refractivity contribution < 1.29 is 22.3 Å². The average molecular weight is 446 g/mol. The molecule has 1 aliphatic rings. The average Bonchev–Trinajstić information content (AvgIpc) is 3.21. The lowest BCUT2D eigenvalue weighted by atomic mass is 10.1. The zero-order valence-electron chi connectivity index (χ0n) is 16.9. The zero-order chi connectivity index (χ0) is 21.8. The van der Waals surface area contributed by atoms with Gasteiger partial charge in [0.2, 0.25) is 0 Å². The van der Waals surface area contributed by atoms with Gasteiger partial charge in [0, 0.05) is 23.2 Å². The number of methoxy groups -OCH3 is 1. The Kier molecular flexibility index (Phi) is 6.32. The molecule has 1 aromatic heterocycles. The van der Waals surface area contributed by atoms with Crippen molar-refractivity contribution in [1.29, 1.82) is 0 Å². The number of hydrogen-bond acceptors (Lipinski definition) is 4. The molecule has 7 heteroatoms. The van der Waals surface area contributed by atoms with E-state index in [2.05, 4.69) is 4.90 Å². The van der Waals surface area contributed by atoms with E-state index >= 15 is 0 Å². The van der Waals surface area contributed by atoms with Gasteiger partial charge in [-0.15, -0.1) is 11.8 Å². The smallest absolute Gasteiger partial charge is 0.416 e. The normalized spacial score (nSPS) is 16.9. The molecule has 0 saturated heterocycles. The fourth-order valence-corrected chi connectivity index (χ4v) is 4.92. The van der Waals surface area contributed by atoms with Gasteiger partial charge in [0.15, 0.2) is 0 Å². The SMILES string of the molecule is COc1ccc2c(c1)SC(c1cccc(C(F)(F)F)c1)CCN2C/C=C/c1ccco1. The van der Waals surface area contributed by atoms with Crippen molar-refractivity contribution in [3.05, 3.63) is 83.8 Å². The van der Waals surface area contributed by atoms with E-state index in [1.807, 2.05) is 42.5 Å². The van der Waals surface area contributed by atoms with Gasteiger partial charge in [-0.05, 0) is 54.5 Å². The van der Waals surface area contributed by atoms with E-state index < -0.39 is 11.7 Å². The Hall–Kier alpha value is -2.80. The second-order valence-corrected chi connectivity index (χ2v) is 8.46. The monoisotopic (exact) mass is 445 g/mol. The Morgan fingerprint density at radius 2 is 2.03 bits per heavy atom. The second kappa shape index (κ2) is 9.14. The number of thioether (sulfide) groups is 1. The van der Waals surface area contributed by atoms with Crippen molar-refractivity contribution in [1.82, 2.24) is 0 Å². The Morgan fingerprint density at radius 3 is 2.77 bits per heavy atom. The molecule has 31 heavy (non-hydrogen) atoms. The number of hydrogen-bond donors (Lipinski definition) is 0. The van der Waals surface area contributed by atoms with Crippen LogP contribution >= 0.6 is 11.8 Å². The number of rotatable bonds is 5. The van der Waals surface area contributed by atoms with Crippen molar-refractivity contribution in [2.75, 3.05) is 25.1 Å². The molecule has 3 nitrogen and oxygen atoms in total. The first-order valence-corrected chi connectivity index (χ1v) is 10.8. The first-order valence-electron chi connectivity index (χ1n) is 9.91. The van der Waals surface area contributed by atoms with Gasteiger partial charge in [-0.25, -0.2) is 0 Å². The van der Waals surface area contributed by atoms with Gasteiger partial charge in [-0.1, -0.05) is 24.3 Å². The molecule has 0 radical (unpaired) electrons. The molecule has 0 amide bonds.